The molecule has 0 aliphatic rings. The quantitative estimate of drug-likeness (QED) is 0.859. The van der Waals surface area contributed by atoms with E-state index < -0.39 is 0 Å². The first-order valence-electron chi connectivity index (χ1n) is 6.08. The van der Waals surface area contributed by atoms with Crippen LogP contribution in [0.25, 0.3) is 0 Å². The van der Waals surface area contributed by atoms with E-state index in [1.165, 1.54) is 12.5 Å². The van der Waals surface area contributed by atoms with Crippen LogP contribution in [-0.4, -0.2) is 35.9 Å². The average Bonchev–Trinajstić information content (AvgIpc) is 2.31. The van der Waals surface area contributed by atoms with Crippen molar-refractivity contribution >= 4 is 23.4 Å². The maximum Gasteiger partial charge on any atom is 0.221 e. The van der Waals surface area contributed by atoms with Gasteiger partial charge in [-0.15, -0.1) is 0 Å². The van der Waals surface area contributed by atoms with Crippen molar-refractivity contribution in [2.45, 2.75) is 26.4 Å². The number of hydrogen-bond acceptors (Lipinski definition) is 3. The van der Waals surface area contributed by atoms with Gasteiger partial charge < -0.3 is 5.32 Å². The van der Waals surface area contributed by atoms with Crippen molar-refractivity contribution in [2.24, 2.45) is 0 Å². The second-order valence-electron chi connectivity index (χ2n) is 4.60. The Morgan fingerprint density at radius 1 is 1.39 bits per heavy atom. The van der Waals surface area contributed by atoms with Crippen LogP contribution in [0.2, 0.25) is 0 Å². The Hall–Kier alpha value is -1.00. The lowest BCUT2D eigenvalue weighted by molar-refractivity contribution is -0.114. The molecule has 0 unspecified atom stereocenters. The molecule has 1 rings (SSSR count). The van der Waals surface area contributed by atoms with Gasteiger partial charge in [0.25, 0.3) is 0 Å². The van der Waals surface area contributed by atoms with Gasteiger partial charge in [-0.25, -0.2) is 0 Å². The summed E-state index contributed by atoms with van der Waals surface area (Å²) in [5, 5.41) is 2.77. The molecule has 1 atom stereocenters. The molecule has 0 heterocycles. The van der Waals surface area contributed by atoms with Gasteiger partial charge in [0.2, 0.25) is 5.91 Å². The topological polar surface area (TPSA) is 32.3 Å². The third-order valence-corrected chi connectivity index (χ3v) is 3.68. The van der Waals surface area contributed by atoms with E-state index in [0.717, 1.165) is 18.0 Å². The van der Waals surface area contributed by atoms with Crippen molar-refractivity contribution in [3.63, 3.8) is 0 Å². The Labute approximate surface area is 114 Å². The zero-order valence-corrected chi connectivity index (χ0v) is 12.4. The van der Waals surface area contributed by atoms with Crippen molar-refractivity contribution in [1.29, 1.82) is 0 Å². The second kappa shape index (κ2) is 7.44. The SMILES string of the molecule is CSC[C@@H](C)N(C)Cc1ccc(NC(C)=O)cc1. The molecular formula is C14H22N2OS. The number of nitrogens with zero attached hydrogens (tertiary/aromatic N) is 1. The van der Waals surface area contributed by atoms with Crippen LogP contribution in [0.1, 0.15) is 19.4 Å². The van der Waals surface area contributed by atoms with Crippen LogP contribution in [0.5, 0.6) is 0 Å². The molecule has 0 aliphatic heterocycles. The van der Waals surface area contributed by atoms with E-state index in [2.05, 4.69) is 42.6 Å². The lowest BCUT2D eigenvalue weighted by Gasteiger charge is -2.24. The molecule has 1 aromatic rings. The van der Waals surface area contributed by atoms with Gasteiger partial charge in [0.05, 0.1) is 0 Å². The van der Waals surface area contributed by atoms with Crippen molar-refractivity contribution in [3.05, 3.63) is 29.8 Å². The largest absolute Gasteiger partial charge is 0.326 e. The van der Waals surface area contributed by atoms with Gasteiger partial charge in [-0.2, -0.15) is 11.8 Å². The predicted molar refractivity (Wildman–Crippen MR) is 80.1 cm³/mol. The Morgan fingerprint density at radius 2 is 2.00 bits per heavy atom. The van der Waals surface area contributed by atoms with Gasteiger partial charge in [0.15, 0.2) is 0 Å². The van der Waals surface area contributed by atoms with E-state index in [1.807, 2.05) is 23.9 Å². The number of amides is 1. The fourth-order valence-corrected chi connectivity index (χ4v) is 2.45. The Kier molecular flexibility index (Phi) is 6.22. The van der Waals surface area contributed by atoms with Crippen LogP contribution in [0.15, 0.2) is 24.3 Å². The van der Waals surface area contributed by atoms with Gasteiger partial charge in [-0.1, -0.05) is 12.1 Å². The number of carbonyl (C=O) groups is 1. The summed E-state index contributed by atoms with van der Waals surface area (Å²) in [6, 6.07) is 8.59. The highest BCUT2D eigenvalue weighted by Gasteiger charge is 2.08. The van der Waals surface area contributed by atoms with E-state index in [4.69, 9.17) is 0 Å². The minimum absolute atomic E-state index is 0.0338. The van der Waals surface area contributed by atoms with Crippen LogP contribution in [0.4, 0.5) is 5.69 Å². The van der Waals surface area contributed by atoms with Gasteiger partial charge in [-0.05, 0) is 37.9 Å². The third kappa shape index (κ3) is 5.10. The number of hydrogen-bond donors (Lipinski definition) is 1. The monoisotopic (exact) mass is 266 g/mol. The smallest absolute Gasteiger partial charge is 0.221 e. The molecule has 0 spiro atoms. The van der Waals surface area contributed by atoms with E-state index in [1.54, 1.807) is 0 Å². The number of anilines is 1. The van der Waals surface area contributed by atoms with Gasteiger partial charge in [0.1, 0.15) is 0 Å². The van der Waals surface area contributed by atoms with Gasteiger partial charge in [-0.3, -0.25) is 9.69 Å². The van der Waals surface area contributed by atoms with E-state index in [9.17, 15) is 4.79 Å². The zero-order valence-electron chi connectivity index (χ0n) is 11.6. The minimum atomic E-state index is -0.0338. The van der Waals surface area contributed by atoms with Crippen molar-refractivity contribution in [2.75, 3.05) is 24.4 Å². The molecule has 0 aromatic heterocycles. The van der Waals surface area contributed by atoms with E-state index in [-0.39, 0.29) is 5.91 Å². The minimum Gasteiger partial charge on any atom is -0.326 e. The Morgan fingerprint density at radius 3 is 2.50 bits per heavy atom. The Balaban J connectivity index is 2.55. The number of carbonyl (C=O) groups excluding carboxylic acids is 1. The molecule has 1 N–H and O–H groups in total. The maximum absolute atomic E-state index is 10.9. The van der Waals surface area contributed by atoms with Crippen LogP contribution >= 0.6 is 11.8 Å². The highest BCUT2D eigenvalue weighted by atomic mass is 32.2. The molecule has 1 amide bonds. The lowest BCUT2D eigenvalue weighted by atomic mass is 10.2. The first kappa shape index (κ1) is 15.1. The molecule has 0 bridgehead atoms. The van der Waals surface area contributed by atoms with Crippen LogP contribution in [-0.2, 0) is 11.3 Å². The number of benzene rings is 1. The molecule has 0 aliphatic carbocycles. The predicted octanol–water partition coefficient (Wildman–Crippen LogP) is 2.83. The van der Waals surface area contributed by atoms with E-state index in [0.29, 0.717) is 6.04 Å². The van der Waals surface area contributed by atoms with Gasteiger partial charge >= 0.3 is 0 Å². The number of thioether (sulfide) groups is 1. The maximum atomic E-state index is 10.9. The summed E-state index contributed by atoms with van der Waals surface area (Å²) in [5.74, 6) is 1.11. The fraction of sp³-hybridized carbons (Fsp3) is 0.500. The van der Waals surface area contributed by atoms with Gasteiger partial charge in [0, 0.05) is 31.0 Å². The summed E-state index contributed by atoms with van der Waals surface area (Å²) >= 11 is 1.87. The normalized spacial score (nSPS) is 12.5. The molecule has 1 aromatic carbocycles. The molecule has 18 heavy (non-hydrogen) atoms. The molecule has 0 fully saturated rings. The molecule has 0 radical (unpaired) electrons. The first-order chi connectivity index (χ1) is 8.52. The molecule has 3 nitrogen and oxygen atoms in total. The summed E-state index contributed by atoms with van der Waals surface area (Å²) in [6.07, 6.45) is 2.13. The molecule has 4 heteroatoms. The average molecular weight is 266 g/mol. The first-order valence-corrected chi connectivity index (χ1v) is 7.48. The van der Waals surface area contributed by atoms with Crippen molar-refractivity contribution in [3.8, 4) is 0 Å². The second-order valence-corrected chi connectivity index (χ2v) is 5.51. The molecule has 0 saturated carbocycles. The lowest BCUT2D eigenvalue weighted by Crippen LogP contribution is -2.30. The van der Waals surface area contributed by atoms with Crippen molar-refractivity contribution in [1.82, 2.24) is 4.90 Å². The summed E-state index contributed by atoms with van der Waals surface area (Å²) in [7, 11) is 2.14. The highest BCUT2D eigenvalue weighted by Crippen LogP contribution is 2.13. The molecular weight excluding hydrogens is 244 g/mol. The highest BCUT2D eigenvalue weighted by molar-refractivity contribution is 7.98. The van der Waals surface area contributed by atoms with E-state index >= 15 is 0 Å². The standard InChI is InChI=1S/C14H22N2OS/c1-11(10-18-4)16(3)9-13-5-7-14(8-6-13)15-12(2)17/h5-8,11H,9-10H2,1-4H3,(H,15,17)/t11-/m1/s1. The number of rotatable bonds is 6. The zero-order chi connectivity index (χ0) is 13.5. The summed E-state index contributed by atoms with van der Waals surface area (Å²) in [5.41, 5.74) is 2.12. The molecule has 100 valence electrons. The summed E-state index contributed by atoms with van der Waals surface area (Å²) in [4.78, 5) is 13.3. The van der Waals surface area contributed by atoms with Crippen LogP contribution in [0.3, 0.4) is 0 Å². The number of nitrogens with one attached hydrogen (secondary N) is 1. The Bertz CT molecular complexity index is 378. The summed E-state index contributed by atoms with van der Waals surface area (Å²) in [6.45, 7) is 4.69. The fourth-order valence-electron chi connectivity index (χ4n) is 1.71. The van der Waals surface area contributed by atoms with Crippen LogP contribution < -0.4 is 5.32 Å². The molecule has 0 saturated heterocycles. The van der Waals surface area contributed by atoms with Crippen LogP contribution in [0, 0.1) is 0 Å². The van der Waals surface area contributed by atoms with Crippen molar-refractivity contribution < 1.29 is 4.79 Å². The third-order valence-electron chi connectivity index (χ3n) is 2.87. The summed E-state index contributed by atoms with van der Waals surface area (Å²) < 4.78 is 0.